The largest absolute Gasteiger partial charge is 0.369 e. The van der Waals surface area contributed by atoms with Crippen molar-refractivity contribution in [1.82, 2.24) is 0 Å². The lowest BCUT2D eigenvalue weighted by Gasteiger charge is -2.23. The number of hydrogen-bond acceptors (Lipinski definition) is 3. The summed E-state index contributed by atoms with van der Waals surface area (Å²) in [5.74, 6) is -0.605. The predicted molar refractivity (Wildman–Crippen MR) is 67.2 cm³/mol. The van der Waals surface area contributed by atoms with Gasteiger partial charge in [0, 0.05) is 0 Å². The molecule has 0 fully saturated rings. The number of rotatable bonds is 6. The van der Waals surface area contributed by atoms with Crippen LogP contribution in [0.3, 0.4) is 0 Å². The zero-order valence-corrected chi connectivity index (χ0v) is 11.3. The molecule has 1 aromatic carbocycles. The standard InChI is InChI=1S/C12H17O5P/c1-12(2,18(14,15)16)11(13)9-17-8-10-6-4-3-5-7-10/h3-7H,8-9H2,1-2H3,(H2,14,15,16). The van der Waals surface area contributed by atoms with E-state index in [1.807, 2.05) is 30.3 Å². The smallest absolute Gasteiger partial charge is 0.338 e. The molecule has 0 radical (unpaired) electrons. The average molecular weight is 272 g/mol. The fourth-order valence-electron chi connectivity index (χ4n) is 1.17. The molecule has 0 unspecified atom stereocenters. The summed E-state index contributed by atoms with van der Waals surface area (Å²) in [5, 5.41) is -1.70. The van der Waals surface area contributed by atoms with Crippen LogP contribution in [0.25, 0.3) is 0 Å². The van der Waals surface area contributed by atoms with Crippen LogP contribution >= 0.6 is 7.60 Å². The maximum Gasteiger partial charge on any atom is 0.338 e. The van der Waals surface area contributed by atoms with E-state index in [0.717, 1.165) is 5.56 Å². The van der Waals surface area contributed by atoms with E-state index < -0.39 is 18.5 Å². The van der Waals surface area contributed by atoms with E-state index >= 15 is 0 Å². The minimum Gasteiger partial charge on any atom is -0.369 e. The molecule has 18 heavy (non-hydrogen) atoms. The van der Waals surface area contributed by atoms with Crippen LogP contribution in [0.1, 0.15) is 19.4 Å². The zero-order valence-electron chi connectivity index (χ0n) is 10.4. The van der Waals surface area contributed by atoms with Crippen molar-refractivity contribution in [3.8, 4) is 0 Å². The Morgan fingerprint density at radius 1 is 1.28 bits per heavy atom. The third-order valence-electron chi connectivity index (χ3n) is 2.76. The van der Waals surface area contributed by atoms with Crippen LogP contribution in [0.2, 0.25) is 0 Å². The fourth-order valence-corrected chi connectivity index (χ4v) is 1.56. The van der Waals surface area contributed by atoms with Gasteiger partial charge in [-0.3, -0.25) is 9.36 Å². The van der Waals surface area contributed by atoms with Crippen LogP contribution in [-0.2, 0) is 20.7 Å². The summed E-state index contributed by atoms with van der Waals surface area (Å²) in [7, 11) is -4.47. The second-order valence-corrected chi connectivity index (χ2v) is 6.71. The van der Waals surface area contributed by atoms with Crippen LogP contribution in [0.15, 0.2) is 30.3 Å². The molecule has 2 N–H and O–H groups in total. The van der Waals surface area contributed by atoms with E-state index in [2.05, 4.69) is 0 Å². The van der Waals surface area contributed by atoms with E-state index in [-0.39, 0.29) is 13.2 Å². The fraction of sp³-hybridized carbons (Fsp3) is 0.417. The van der Waals surface area contributed by atoms with Crippen molar-refractivity contribution in [2.75, 3.05) is 6.61 Å². The van der Waals surface area contributed by atoms with E-state index in [0.29, 0.717) is 0 Å². The number of ether oxygens (including phenoxy) is 1. The summed E-state index contributed by atoms with van der Waals surface area (Å²) < 4.78 is 16.3. The Balaban J connectivity index is 2.50. The van der Waals surface area contributed by atoms with Gasteiger partial charge in [0.15, 0.2) is 5.78 Å². The molecule has 0 aromatic heterocycles. The van der Waals surface area contributed by atoms with E-state index in [4.69, 9.17) is 14.5 Å². The van der Waals surface area contributed by atoms with Crippen LogP contribution in [-0.4, -0.2) is 27.3 Å². The van der Waals surface area contributed by atoms with Crippen LogP contribution in [0.4, 0.5) is 0 Å². The Morgan fingerprint density at radius 2 is 1.83 bits per heavy atom. The predicted octanol–water partition coefficient (Wildman–Crippen LogP) is 1.73. The summed E-state index contributed by atoms with van der Waals surface area (Å²) in [6, 6.07) is 9.25. The summed E-state index contributed by atoms with van der Waals surface area (Å²) in [4.78, 5) is 29.8. The number of ketones is 1. The molecule has 0 saturated carbocycles. The molecule has 1 aromatic rings. The van der Waals surface area contributed by atoms with Gasteiger partial charge in [0.1, 0.15) is 11.8 Å². The highest BCUT2D eigenvalue weighted by Gasteiger charge is 2.44. The second-order valence-electron chi connectivity index (χ2n) is 4.50. The van der Waals surface area contributed by atoms with Gasteiger partial charge in [0.05, 0.1) is 6.61 Å². The number of benzene rings is 1. The summed E-state index contributed by atoms with van der Waals surface area (Å²) in [6.45, 7) is 2.38. The Bertz CT molecular complexity index is 449. The highest BCUT2D eigenvalue weighted by Crippen LogP contribution is 2.50. The molecular formula is C12H17O5P. The van der Waals surface area contributed by atoms with Crippen molar-refractivity contribution in [2.24, 2.45) is 0 Å². The van der Waals surface area contributed by atoms with E-state index in [9.17, 15) is 9.36 Å². The molecule has 0 saturated heterocycles. The Kier molecular flexibility index (Phi) is 4.82. The third kappa shape index (κ3) is 3.75. The quantitative estimate of drug-likeness (QED) is 0.770. The first kappa shape index (κ1) is 15.1. The van der Waals surface area contributed by atoms with Gasteiger partial charge in [-0.25, -0.2) is 0 Å². The minimum atomic E-state index is -4.47. The van der Waals surface area contributed by atoms with Crippen molar-refractivity contribution in [3.63, 3.8) is 0 Å². The lowest BCUT2D eigenvalue weighted by molar-refractivity contribution is -0.126. The molecule has 0 bridgehead atoms. The number of Topliss-reactive ketones (excluding diaryl/α,β-unsaturated/α-hetero) is 1. The maximum absolute atomic E-state index is 11.7. The monoisotopic (exact) mass is 272 g/mol. The van der Waals surface area contributed by atoms with E-state index in [1.54, 1.807) is 0 Å². The second kappa shape index (κ2) is 5.76. The summed E-state index contributed by atoms with van der Waals surface area (Å²) >= 11 is 0. The zero-order chi connectivity index (χ0) is 13.8. The molecule has 5 nitrogen and oxygen atoms in total. The Labute approximate surface area is 106 Å². The molecule has 0 amide bonds. The first-order valence-corrected chi connectivity index (χ1v) is 7.07. The Morgan fingerprint density at radius 3 is 2.33 bits per heavy atom. The summed E-state index contributed by atoms with van der Waals surface area (Å²) in [6.07, 6.45) is 0. The molecule has 0 atom stereocenters. The van der Waals surface area contributed by atoms with Gasteiger partial charge in [-0.05, 0) is 19.4 Å². The number of hydrogen-bond donors (Lipinski definition) is 2. The van der Waals surface area contributed by atoms with Crippen LogP contribution < -0.4 is 0 Å². The van der Waals surface area contributed by atoms with E-state index in [1.165, 1.54) is 13.8 Å². The van der Waals surface area contributed by atoms with Gasteiger partial charge in [-0.1, -0.05) is 30.3 Å². The topological polar surface area (TPSA) is 83.8 Å². The molecule has 100 valence electrons. The highest BCUT2D eigenvalue weighted by molar-refractivity contribution is 7.54. The van der Waals surface area contributed by atoms with Crippen molar-refractivity contribution in [2.45, 2.75) is 25.6 Å². The third-order valence-corrected chi connectivity index (χ3v) is 4.46. The number of carbonyl (C=O) groups is 1. The normalized spacial score (nSPS) is 12.4. The van der Waals surface area contributed by atoms with Gasteiger partial charge in [-0.15, -0.1) is 0 Å². The molecule has 0 aliphatic carbocycles. The van der Waals surface area contributed by atoms with Gasteiger partial charge in [0.25, 0.3) is 0 Å². The van der Waals surface area contributed by atoms with Crippen molar-refractivity contribution < 1.29 is 23.9 Å². The number of carbonyl (C=O) groups excluding carboxylic acids is 1. The molecule has 0 spiro atoms. The van der Waals surface area contributed by atoms with Crippen LogP contribution in [0.5, 0.6) is 0 Å². The lowest BCUT2D eigenvalue weighted by Crippen LogP contribution is -2.34. The first-order valence-electron chi connectivity index (χ1n) is 5.46. The highest BCUT2D eigenvalue weighted by atomic mass is 31.2. The van der Waals surface area contributed by atoms with Crippen molar-refractivity contribution in [3.05, 3.63) is 35.9 Å². The van der Waals surface area contributed by atoms with Crippen molar-refractivity contribution in [1.29, 1.82) is 0 Å². The van der Waals surface area contributed by atoms with Crippen molar-refractivity contribution >= 4 is 13.4 Å². The molecule has 6 heteroatoms. The Hall–Kier alpha value is -1.00. The van der Waals surface area contributed by atoms with Gasteiger partial charge >= 0.3 is 7.60 Å². The SMILES string of the molecule is CC(C)(C(=O)COCc1ccccc1)P(=O)(O)O. The molecule has 0 aliphatic heterocycles. The van der Waals surface area contributed by atoms with Crippen LogP contribution in [0, 0.1) is 0 Å². The molecule has 1 rings (SSSR count). The first-order chi connectivity index (χ1) is 8.25. The molecular weight excluding hydrogens is 255 g/mol. The molecule has 0 heterocycles. The average Bonchev–Trinajstić information content (AvgIpc) is 2.28. The molecule has 0 aliphatic rings. The summed E-state index contributed by atoms with van der Waals surface area (Å²) in [5.41, 5.74) is 0.902. The van der Waals surface area contributed by atoms with Gasteiger partial charge in [0.2, 0.25) is 0 Å². The lowest BCUT2D eigenvalue weighted by atomic mass is 10.1. The maximum atomic E-state index is 11.7. The van der Waals surface area contributed by atoms with Gasteiger partial charge in [-0.2, -0.15) is 0 Å². The van der Waals surface area contributed by atoms with Gasteiger partial charge < -0.3 is 14.5 Å². The minimum absolute atomic E-state index is 0.240.